The highest BCUT2D eigenvalue weighted by atomic mass is 79.9. The van der Waals surface area contributed by atoms with Crippen LogP contribution in [0.3, 0.4) is 0 Å². The Kier molecular flexibility index (Phi) is 30.4. The maximum atomic E-state index is 13.1. The lowest BCUT2D eigenvalue weighted by Gasteiger charge is -2.21. The summed E-state index contributed by atoms with van der Waals surface area (Å²) in [5, 5.41) is 9.03. The summed E-state index contributed by atoms with van der Waals surface area (Å²) in [6, 6.07) is 33.5. The van der Waals surface area contributed by atoms with E-state index >= 15 is 0 Å². The van der Waals surface area contributed by atoms with Crippen LogP contribution in [0, 0.1) is 0 Å². The van der Waals surface area contributed by atoms with Crippen molar-refractivity contribution in [1.82, 2.24) is 0 Å². The van der Waals surface area contributed by atoms with Crippen LogP contribution in [0.4, 0.5) is 0 Å². The zero-order valence-electron chi connectivity index (χ0n) is 59.6. The Hall–Kier alpha value is -3.85. The highest BCUT2D eigenvalue weighted by molar-refractivity contribution is 9.10. The molecule has 0 aliphatic rings. The van der Waals surface area contributed by atoms with Crippen molar-refractivity contribution in [1.29, 1.82) is 0 Å². The van der Waals surface area contributed by atoms with Gasteiger partial charge in [-0.15, -0.1) is 58.0 Å². The average Bonchev–Trinajstić information content (AvgIpc) is 1.67. The van der Waals surface area contributed by atoms with Crippen LogP contribution in [0.25, 0.3) is 0 Å². The maximum Gasteiger partial charge on any atom is 0.216 e. The Labute approximate surface area is 624 Å². The number of nitrogens with two attached hydrogens (primary N) is 1. The van der Waals surface area contributed by atoms with Gasteiger partial charge in [0.1, 0.15) is 8.42 Å². The standard InChI is InChI=1S/C18H25NO4S3.C18H24O5S3.C18H22O3S3.C13H19BrO2S.C4H4S2/c2*1-12(2)25(20,21)15-8-13(18(3,4)5)9-16(10-15)26(22,23)17-7-6-14(11-19)24-17;1-12(2)24(20,21)16-9-13(18(3,4)5)8-15(10-16)23-17-7-6-14(11-19)22-17;1-9(2)17(15,16)12-7-10(13(3,4)5)6-11(14)8-12;5-4-2-1-3-6-4/h6-10,12H,11,19H2,1-5H3;6-10,12,19H,11H2,1-5H3;6-12H,1-5H3;6-9H,1-5H3;1-3,5H. The molecule has 0 atom stereocenters. The molecule has 546 valence electrons. The molecular weight excluding hydrogens is 1560 g/mol. The summed E-state index contributed by atoms with van der Waals surface area (Å²) in [6.07, 6.45) is 0.828. The van der Waals surface area contributed by atoms with Gasteiger partial charge in [-0.3, -0.25) is 4.79 Å². The van der Waals surface area contributed by atoms with Crippen LogP contribution in [0.15, 0.2) is 182 Å². The first kappa shape index (κ1) is 87.6. The van der Waals surface area contributed by atoms with Crippen LogP contribution >= 0.6 is 85.7 Å². The Bertz CT molecular complexity index is 4640. The number of thiol groups is 1. The molecular formula is C71H94BrNO14S12. The number of aldehydes is 1. The zero-order valence-corrected chi connectivity index (χ0v) is 71.0. The van der Waals surface area contributed by atoms with Crippen molar-refractivity contribution in [3.8, 4) is 0 Å². The fourth-order valence-corrected chi connectivity index (χ4v) is 21.9. The van der Waals surface area contributed by atoms with Gasteiger partial charge < -0.3 is 10.8 Å². The molecule has 3 N–H and O–H groups in total. The molecule has 0 radical (unpaired) electrons. The first-order valence-electron chi connectivity index (χ1n) is 31.3. The lowest BCUT2D eigenvalue weighted by molar-refractivity contribution is 0.112. The number of benzene rings is 4. The third-order valence-electron chi connectivity index (χ3n) is 15.0. The van der Waals surface area contributed by atoms with Crippen molar-refractivity contribution in [2.75, 3.05) is 0 Å². The highest BCUT2D eigenvalue weighted by Gasteiger charge is 2.32. The number of thiophene rings is 4. The first-order valence-corrected chi connectivity index (χ1v) is 45.8. The number of aliphatic hydroxyl groups excluding tert-OH is 1. The molecule has 8 aromatic rings. The molecule has 0 fully saturated rings. The van der Waals surface area contributed by atoms with Crippen molar-refractivity contribution in [2.24, 2.45) is 5.73 Å². The molecule has 0 spiro atoms. The molecule has 0 saturated carbocycles. The molecule has 4 aromatic carbocycles. The van der Waals surface area contributed by atoms with Gasteiger partial charge in [0.15, 0.2) is 45.6 Å². The van der Waals surface area contributed by atoms with Crippen LogP contribution in [0.2, 0.25) is 0 Å². The van der Waals surface area contributed by atoms with Gasteiger partial charge in [0.25, 0.3) is 0 Å². The Morgan fingerprint density at radius 1 is 0.465 bits per heavy atom. The molecule has 0 bridgehead atoms. The van der Waals surface area contributed by atoms with E-state index in [1.54, 1.807) is 127 Å². The minimum atomic E-state index is -3.88. The van der Waals surface area contributed by atoms with Gasteiger partial charge in [-0.2, -0.15) is 0 Å². The molecule has 28 heteroatoms. The van der Waals surface area contributed by atoms with Gasteiger partial charge in [0.2, 0.25) is 19.7 Å². The molecule has 4 heterocycles. The van der Waals surface area contributed by atoms with E-state index in [2.05, 4.69) is 70.1 Å². The Morgan fingerprint density at radius 3 is 1.12 bits per heavy atom. The van der Waals surface area contributed by atoms with E-state index in [-0.39, 0.29) is 52.0 Å². The van der Waals surface area contributed by atoms with Crippen molar-refractivity contribution in [3.63, 3.8) is 0 Å². The van der Waals surface area contributed by atoms with Gasteiger partial charge in [-0.25, -0.2) is 50.5 Å². The molecule has 0 aliphatic heterocycles. The number of hydrogen-bond acceptors (Lipinski definition) is 21. The fourth-order valence-electron chi connectivity index (χ4n) is 8.40. The third kappa shape index (κ3) is 23.6. The van der Waals surface area contributed by atoms with E-state index in [1.165, 1.54) is 53.4 Å². The van der Waals surface area contributed by atoms with E-state index in [9.17, 15) is 60.4 Å². The summed E-state index contributed by atoms with van der Waals surface area (Å²) in [7, 11) is -21.5. The van der Waals surface area contributed by atoms with E-state index in [0.717, 1.165) is 62.8 Å². The van der Waals surface area contributed by atoms with E-state index in [4.69, 9.17) is 5.73 Å². The van der Waals surface area contributed by atoms with Gasteiger partial charge >= 0.3 is 0 Å². The molecule has 15 nitrogen and oxygen atoms in total. The zero-order chi connectivity index (χ0) is 75.8. The number of aliphatic hydroxyl groups is 1. The quantitative estimate of drug-likeness (QED) is 0.0565. The van der Waals surface area contributed by atoms with Crippen molar-refractivity contribution in [2.45, 2.75) is 245 Å². The minimum absolute atomic E-state index is 0.00503. The number of sulfone groups is 6. The number of halogens is 1. The van der Waals surface area contributed by atoms with Gasteiger partial charge in [-0.05, 0) is 220 Å². The maximum absolute atomic E-state index is 13.1. The predicted molar refractivity (Wildman–Crippen MR) is 416 cm³/mol. The number of carbonyl (C=O) groups is 1. The lowest BCUT2D eigenvalue weighted by atomic mass is 9.87. The molecule has 8 rings (SSSR count). The lowest BCUT2D eigenvalue weighted by Crippen LogP contribution is -2.18. The molecule has 0 saturated heterocycles. The topological polar surface area (TPSA) is 268 Å². The van der Waals surface area contributed by atoms with E-state index < -0.39 is 90.9 Å². The second-order valence-electron chi connectivity index (χ2n) is 28.3. The Balaban J connectivity index is 0.000000274. The van der Waals surface area contributed by atoms with Gasteiger partial charge in [0, 0.05) is 25.7 Å². The number of carbonyl (C=O) groups excluding carboxylic acids is 1. The van der Waals surface area contributed by atoms with E-state index in [0.29, 0.717) is 30.7 Å². The second kappa shape index (κ2) is 34.4. The molecule has 0 unspecified atom stereocenters. The second-order valence-corrected chi connectivity index (χ2v) is 50.1. The predicted octanol–water partition coefficient (Wildman–Crippen LogP) is 18.2. The molecule has 0 aliphatic carbocycles. The normalized spacial score (nSPS) is 12.8. The Morgan fingerprint density at radius 2 is 0.818 bits per heavy atom. The van der Waals surface area contributed by atoms with Crippen LogP contribution in [-0.4, -0.2) is 82.9 Å². The van der Waals surface area contributed by atoms with Crippen molar-refractivity contribution in [3.05, 3.63) is 168 Å². The SMILES string of the molecule is CC(C)S(=O)(=O)c1cc(Br)cc(C(C)(C)C)c1.CC(C)S(=O)(=O)c1cc(C(C)(C)C)cc(S(=O)(=O)c2ccc(CN)s2)c1.CC(C)S(=O)(=O)c1cc(C(C)(C)C)cc(S(=O)(=O)c2ccc(CO)s2)c1.CC(C)S(=O)(=O)c1cc(Sc2ccc(C=O)s2)cc(C(C)(C)C)c1.Sc1cccs1. The van der Waals surface area contributed by atoms with Gasteiger partial charge in [-0.1, -0.05) is 117 Å². The van der Waals surface area contributed by atoms with Crippen LogP contribution in [-0.2, 0) is 93.8 Å². The largest absolute Gasteiger partial charge is 0.391 e. The highest BCUT2D eigenvalue weighted by Crippen LogP contribution is 2.40. The summed E-state index contributed by atoms with van der Waals surface area (Å²) >= 11 is 14.1. The number of hydrogen-bond donors (Lipinski definition) is 3. The summed E-state index contributed by atoms with van der Waals surface area (Å²) in [5.41, 5.74) is 7.85. The van der Waals surface area contributed by atoms with Crippen molar-refractivity contribution < 1.29 is 60.4 Å². The summed E-state index contributed by atoms with van der Waals surface area (Å²) in [4.78, 5) is 14.4. The third-order valence-corrected chi connectivity index (χ3v) is 33.9. The monoisotopic (exact) mass is 1650 g/mol. The molecule has 0 amide bonds. The van der Waals surface area contributed by atoms with Crippen LogP contribution < -0.4 is 5.73 Å². The summed E-state index contributed by atoms with van der Waals surface area (Å²) < 4.78 is 155. The summed E-state index contributed by atoms with van der Waals surface area (Å²) in [5.74, 6) is 0. The fraction of sp³-hybridized carbons (Fsp3) is 0.423. The first-order chi connectivity index (χ1) is 45.1. The van der Waals surface area contributed by atoms with E-state index in [1.807, 2.05) is 77.3 Å². The summed E-state index contributed by atoms with van der Waals surface area (Å²) in [6.45, 7) is 37.0. The van der Waals surface area contributed by atoms with Crippen molar-refractivity contribution >= 4 is 151 Å². The molecule has 4 aromatic heterocycles. The smallest absolute Gasteiger partial charge is 0.216 e. The van der Waals surface area contributed by atoms with Gasteiger partial charge in [0.05, 0.1) is 70.3 Å². The average molecular weight is 1650 g/mol. The minimum Gasteiger partial charge on any atom is -0.391 e. The van der Waals surface area contributed by atoms with Crippen LogP contribution in [0.5, 0.6) is 0 Å². The molecule has 99 heavy (non-hydrogen) atoms. The number of rotatable bonds is 17. The van der Waals surface area contributed by atoms with Crippen LogP contribution in [0.1, 0.15) is 180 Å².